The van der Waals surface area contributed by atoms with Crippen LogP contribution in [-0.4, -0.2) is 38.7 Å². The molecular formula is C18H19F2N3O6S. The fraction of sp³-hybridized carbons (Fsp3) is 0.278. The SMILES string of the molecule is CCC(C(=O)Nc1ccc(F)cc1F)N(c1cc([N+](=O)[O-])ccc1OC)S(C)(=O)=O. The number of nitrogens with zero attached hydrogens (tertiary/aromatic N) is 2. The number of nitro benzene ring substituents is 1. The van der Waals surface area contributed by atoms with Gasteiger partial charge in [-0.15, -0.1) is 0 Å². The molecule has 0 spiro atoms. The van der Waals surface area contributed by atoms with Crippen LogP contribution in [0.15, 0.2) is 36.4 Å². The Morgan fingerprint density at radius 1 is 1.27 bits per heavy atom. The number of rotatable bonds is 8. The molecule has 2 aromatic carbocycles. The van der Waals surface area contributed by atoms with E-state index in [0.29, 0.717) is 10.4 Å². The molecule has 0 aliphatic rings. The smallest absolute Gasteiger partial charge is 0.271 e. The van der Waals surface area contributed by atoms with Crippen LogP contribution >= 0.6 is 0 Å². The lowest BCUT2D eigenvalue weighted by atomic mass is 10.1. The molecule has 9 nitrogen and oxygen atoms in total. The molecule has 0 aromatic heterocycles. The largest absolute Gasteiger partial charge is 0.495 e. The van der Waals surface area contributed by atoms with Crippen molar-refractivity contribution in [1.82, 2.24) is 0 Å². The average molecular weight is 443 g/mol. The number of nitro groups is 1. The van der Waals surface area contributed by atoms with Crippen molar-refractivity contribution in [3.8, 4) is 5.75 Å². The van der Waals surface area contributed by atoms with Gasteiger partial charge in [0.25, 0.3) is 5.69 Å². The Bertz CT molecular complexity index is 1080. The first kappa shape index (κ1) is 23.0. The summed E-state index contributed by atoms with van der Waals surface area (Å²) in [5.74, 6) is -2.83. The number of nitrogens with one attached hydrogen (secondary N) is 1. The molecular weight excluding hydrogens is 424 g/mol. The third kappa shape index (κ3) is 5.00. The van der Waals surface area contributed by atoms with Crippen LogP contribution in [0.1, 0.15) is 13.3 Å². The Kier molecular flexibility index (Phi) is 6.92. The van der Waals surface area contributed by atoms with Gasteiger partial charge in [-0.05, 0) is 24.6 Å². The summed E-state index contributed by atoms with van der Waals surface area (Å²) in [6, 6.07) is 4.38. The summed E-state index contributed by atoms with van der Waals surface area (Å²) in [6.45, 7) is 1.51. The summed E-state index contributed by atoms with van der Waals surface area (Å²) >= 11 is 0. The quantitative estimate of drug-likeness (QED) is 0.495. The van der Waals surface area contributed by atoms with E-state index in [1.165, 1.54) is 20.1 Å². The Morgan fingerprint density at radius 2 is 1.93 bits per heavy atom. The van der Waals surface area contributed by atoms with E-state index in [9.17, 15) is 32.1 Å². The summed E-state index contributed by atoms with van der Waals surface area (Å²) in [4.78, 5) is 23.2. The maximum absolute atomic E-state index is 13.9. The first-order chi connectivity index (χ1) is 14.0. The highest BCUT2D eigenvalue weighted by molar-refractivity contribution is 7.92. The number of anilines is 2. The summed E-state index contributed by atoms with van der Waals surface area (Å²) in [5.41, 5.74) is -0.991. The van der Waals surface area contributed by atoms with Crippen LogP contribution < -0.4 is 14.4 Å². The molecule has 1 atom stereocenters. The molecule has 2 aromatic rings. The van der Waals surface area contributed by atoms with Crippen molar-refractivity contribution in [2.75, 3.05) is 23.0 Å². The van der Waals surface area contributed by atoms with Crippen molar-refractivity contribution in [3.63, 3.8) is 0 Å². The van der Waals surface area contributed by atoms with Gasteiger partial charge >= 0.3 is 0 Å². The normalized spacial score (nSPS) is 12.2. The molecule has 2 rings (SSSR count). The van der Waals surface area contributed by atoms with Gasteiger partial charge < -0.3 is 10.1 Å². The Labute approximate surface area is 171 Å². The second kappa shape index (κ2) is 9.03. The maximum Gasteiger partial charge on any atom is 0.271 e. The van der Waals surface area contributed by atoms with Crippen LogP contribution in [0.5, 0.6) is 5.75 Å². The molecule has 30 heavy (non-hydrogen) atoms. The highest BCUT2D eigenvalue weighted by Gasteiger charge is 2.34. The van der Waals surface area contributed by atoms with Crippen molar-refractivity contribution in [2.24, 2.45) is 0 Å². The number of methoxy groups -OCH3 is 1. The van der Waals surface area contributed by atoms with Gasteiger partial charge in [-0.2, -0.15) is 0 Å². The van der Waals surface area contributed by atoms with Crippen LogP contribution in [0.4, 0.5) is 25.8 Å². The number of benzene rings is 2. The van der Waals surface area contributed by atoms with E-state index < -0.39 is 44.2 Å². The van der Waals surface area contributed by atoms with E-state index in [2.05, 4.69) is 5.32 Å². The predicted molar refractivity (Wildman–Crippen MR) is 106 cm³/mol. The van der Waals surface area contributed by atoms with Crippen LogP contribution in [0, 0.1) is 21.7 Å². The lowest BCUT2D eigenvalue weighted by Crippen LogP contribution is -2.47. The van der Waals surface area contributed by atoms with Crippen molar-refractivity contribution in [2.45, 2.75) is 19.4 Å². The van der Waals surface area contributed by atoms with E-state index in [-0.39, 0.29) is 23.5 Å². The van der Waals surface area contributed by atoms with E-state index in [4.69, 9.17) is 4.74 Å². The second-order valence-corrected chi connectivity index (χ2v) is 8.07. The lowest BCUT2D eigenvalue weighted by molar-refractivity contribution is -0.384. The number of non-ortho nitro benzene ring substituents is 1. The molecule has 0 saturated carbocycles. The summed E-state index contributed by atoms with van der Waals surface area (Å²) < 4.78 is 57.9. The third-order valence-electron chi connectivity index (χ3n) is 4.13. The van der Waals surface area contributed by atoms with Crippen molar-refractivity contribution < 1.29 is 31.7 Å². The number of halogens is 2. The fourth-order valence-electron chi connectivity index (χ4n) is 2.81. The molecule has 0 bridgehead atoms. The van der Waals surface area contributed by atoms with Crippen molar-refractivity contribution in [1.29, 1.82) is 0 Å². The third-order valence-corrected chi connectivity index (χ3v) is 5.30. The molecule has 162 valence electrons. The monoisotopic (exact) mass is 443 g/mol. The number of amides is 1. The molecule has 12 heteroatoms. The van der Waals surface area contributed by atoms with Gasteiger partial charge in [0, 0.05) is 18.2 Å². The summed E-state index contributed by atoms with van der Waals surface area (Å²) in [6.07, 6.45) is 0.757. The Morgan fingerprint density at radius 3 is 2.43 bits per heavy atom. The molecule has 1 N–H and O–H groups in total. The standard InChI is InChI=1S/C18H19F2N3O6S/c1-4-15(18(24)21-14-7-5-11(19)9-13(14)20)22(30(3,27)28)16-10-12(23(25)26)6-8-17(16)29-2/h5-10,15H,4H2,1-3H3,(H,21,24). The topological polar surface area (TPSA) is 119 Å². The van der Waals surface area contributed by atoms with E-state index in [0.717, 1.165) is 30.5 Å². The minimum Gasteiger partial charge on any atom is -0.495 e. The molecule has 0 fully saturated rings. The van der Waals surface area contributed by atoms with Crippen LogP contribution in [0.2, 0.25) is 0 Å². The van der Waals surface area contributed by atoms with E-state index >= 15 is 0 Å². The highest BCUT2D eigenvalue weighted by atomic mass is 32.2. The van der Waals surface area contributed by atoms with Crippen LogP contribution in [0.3, 0.4) is 0 Å². The van der Waals surface area contributed by atoms with Gasteiger partial charge in [0.05, 0.1) is 24.0 Å². The van der Waals surface area contributed by atoms with Gasteiger partial charge in [0.1, 0.15) is 29.1 Å². The first-order valence-corrected chi connectivity index (χ1v) is 10.4. The minimum atomic E-state index is -4.14. The molecule has 0 saturated heterocycles. The Hall–Kier alpha value is -3.28. The minimum absolute atomic E-state index is 0.0229. The van der Waals surface area contributed by atoms with Crippen molar-refractivity contribution in [3.05, 3.63) is 58.1 Å². The predicted octanol–water partition coefficient (Wildman–Crippen LogP) is 3.06. The molecule has 1 unspecified atom stereocenters. The van der Waals surface area contributed by atoms with E-state index in [1.54, 1.807) is 0 Å². The number of hydrogen-bond acceptors (Lipinski definition) is 6. The summed E-state index contributed by atoms with van der Waals surface area (Å²) in [5, 5.41) is 13.4. The summed E-state index contributed by atoms with van der Waals surface area (Å²) in [7, 11) is -2.91. The zero-order valence-corrected chi connectivity index (χ0v) is 17.1. The van der Waals surface area contributed by atoms with Gasteiger partial charge in [0.2, 0.25) is 15.9 Å². The molecule has 0 radical (unpaired) electrons. The van der Waals surface area contributed by atoms with Crippen molar-refractivity contribution >= 4 is 33.0 Å². The fourth-order valence-corrected chi connectivity index (χ4v) is 4.01. The number of carbonyl (C=O) groups excluding carboxylic acids is 1. The van der Waals surface area contributed by atoms with Gasteiger partial charge in [-0.3, -0.25) is 19.2 Å². The average Bonchev–Trinajstić information content (AvgIpc) is 2.66. The van der Waals surface area contributed by atoms with Gasteiger partial charge in [-0.1, -0.05) is 6.92 Å². The lowest BCUT2D eigenvalue weighted by Gasteiger charge is -2.31. The molecule has 0 heterocycles. The number of carbonyl (C=O) groups is 1. The highest BCUT2D eigenvalue weighted by Crippen LogP contribution is 2.36. The van der Waals surface area contributed by atoms with Crippen LogP contribution in [-0.2, 0) is 14.8 Å². The zero-order chi connectivity index (χ0) is 22.6. The van der Waals surface area contributed by atoms with Crippen LogP contribution in [0.25, 0.3) is 0 Å². The number of ether oxygens (including phenoxy) is 1. The molecule has 0 aliphatic carbocycles. The number of sulfonamides is 1. The van der Waals surface area contributed by atoms with E-state index in [1.807, 2.05) is 0 Å². The molecule has 1 amide bonds. The molecule has 0 aliphatic heterocycles. The first-order valence-electron chi connectivity index (χ1n) is 8.57. The van der Waals surface area contributed by atoms with Gasteiger partial charge in [-0.25, -0.2) is 17.2 Å². The number of hydrogen-bond donors (Lipinski definition) is 1. The maximum atomic E-state index is 13.9. The Balaban J connectivity index is 2.55. The zero-order valence-electron chi connectivity index (χ0n) is 16.3. The second-order valence-electron chi connectivity index (χ2n) is 6.21. The van der Waals surface area contributed by atoms with Gasteiger partial charge in [0.15, 0.2) is 0 Å².